The van der Waals surface area contributed by atoms with Crippen LogP contribution in [-0.2, 0) is 15.9 Å². The van der Waals surface area contributed by atoms with Gasteiger partial charge in [-0.05, 0) is 43.8 Å². The number of aliphatic hydroxyl groups is 1. The van der Waals surface area contributed by atoms with Crippen LogP contribution in [0.4, 0.5) is 4.79 Å². The highest BCUT2D eigenvalue weighted by Crippen LogP contribution is 2.34. The van der Waals surface area contributed by atoms with Crippen LogP contribution in [-0.4, -0.2) is 72.9 Å². The number of nitrogens with zero attached hydrogens (tertiary/aromatic N) is 1. The summed E-state index contributed by atoms with van der Waals surface area (Å²) >= 11 is 0. The van der Waals surface area contributed by atoms with Gasteiger partial charge < -0.3 is 25.2 Å². The average Bonchev–Trinajstić information content (AvgIpc) is 3.17. The van der Waals surface area contributed by atoms with Gasteiger partial charge in [0.15, 0.2) is 6.29 Å². The number of fused-ring (bicyclic) bond motifs is 2. The summed E-state index contributed by atoms with van der Waals surface area (Å²) < 4.78 is 11.8. The summed E-state index contributed by atoms with van der Waals surface area (Å²) in [6.07, 6.45) is 3.37. The Labute approximate surface area is 172 Å². The van der Waals surface area contributed by atoms with Crippen molar-refractivity contribution in [3.63, 3.8) is 0 Å². The van der Waals surface area contributed by atoms with E-state index >= 15 is 0 Å². The van der Waals surface area contributed by atoms with Crippen molar-refractivity contribution in [2.45, 2.75) is 49.8 Å². The number of nitrogens with one attached hydrogen (secondary N) is 2. The molecule has 2 amide bonds. The largest absolute Gasteiger partial charge is 0.389 e. The zero-order valence-corrected chi connectivity index (χ0v) is 16.7. The van der Waals surface area contributed by atoms with Gasteiger partial charge in [0.05, 0.1) is 24.8 Å². The molecular formula is C22H31N3O4. The maximum absolute atomic E-state index is 12.1. The van der Waals surface area contributed by atoms with Crippen LogP contribution in [0.3, 0.4) is 0 Å². The molecule has 1 aromatic carbocycles. The number of amides is 2. The molecule has 2 bridgehead atoms. The van der Waals surface area contributed by atoms with Gasteiger partial charge in [0, 0.05) is 6.54 Å². The second-order valence-corrected chi connectivity index (χ2v) is 8.20. The molecule has 5 atom stereocenters. The van der Waals surface area contributed by atoms with Gasteiger partial charge in [-0.25, -0.2) is 4.79 Å². The topological polar surface area (TPSA) is 83.1 Å². The van der Waals surface area contributed by atoms with E-state index in [0.29, 0.717) is 19.1 Å². The molecule has 3 aliphatic rings. The lowest BCUT2D eigenvalue weighted by Crippen LogP contribution is -2.66. The molecule has 3 saturated heterocycles. The quantitative estimate of drug-likeness (QED) is 0.626. The number of piperidine rings is 1. The SMILES string of the molecule is C=CCNC(=O)NC1C2COC(O2)C(N2CCC(Cc3ccccc3)CC2)C1O. The van der Waals surface area contributed by atoms with Crippen molar-refractivity contribution >= 4 is 6.03 Å². The predicted molar refractivity (Wildman–Crippen MR) is 109 cm³/mol. The van der Waals surface area contributed by atoms with Crippen LogP contribution in [0, 0.1) is 5.92 Å². The molecule has 29 heavy (non-hydrogen) atoms. The van der Waals surface area contributed by atoms with E-state index in [-0.39, 0.29) is 18.2 Å². The Morgan fingerprint density at radius 2 is 2.03 bits per heavy atom. The second kappa shape index (κ2) is 9.26. The Morgan fingerprint density at radius 1 is 1.28 bits per heavy atom. The fourth-order valence-corrected chi connectivity index (χ4v) is 4.74. The van der Waals surface area contributed by atoms with E-state index in [1.54, 1.807) is 6.08 Å². The lowest BCUT2D eigenvalue weighted by atomic mass is 9.87. The number of carbonyl (C=O) groups is 1. The number of benzene rings is 1. The summed E-state index contributed by atoms with van der Waals surface area (Å²) in [5.41, 5.74) is 1.38. The van der Waals surface area contributed by atoms with Crippen molar-refractivity contribution in [1.82, 2.24) is 15.5 Å². The Hall–Kier alpha value is -1.93. The van der Waals surface area contributed by atoms with Gasteiger partial charge in [0.1, 0.15) is 6.10 Å². The third kappa shape index (κ3) is 4.64. The molecule has 3 fully saturated rings. The number of urea groups is 1. The number of aliphatic hydroxyl groups excluding tert-OH is 1. The van der Waals surface area contributed by atoms with Gasteiger partial charge in [0.25, 0.3) is 0 Å². The highest BCUT2D eigenvalue weighted by atomic mass is 16.7. The first-order valence-corrected chi connectivity index (χ1v) is 10.5. The molecule has 158 valence electrons. The van der Waals surface area contributed by atoms with Gasteiger partial charge >= 0.3 is 6.03 Å². The van der Waals surface area contributed by atoms with Crippen molar-refractivity contribution in [1.29, 1.82) is 0 Å². The molecule has 1 aromatic rings. The Bertz CT molecular complexity index is 693. The number of carbonyl (C=O) groups excluding carboxylic acids is 1. The minimum absolute atomic E-state index is 0.267. The van der Waals surface area contributed by atoms with E-state index in [9.17, 15) is 9.90 Å². The standard InChI is InChI=1S/C22H31N3O4/c1-2-10-23-22(27)24-18-17-14-28-21(29-17)19(20(18)26)25-11-8-16(9-12-25)13-15-6-4-3-5-7-15/h2-7,16-21,26H,1,8-14H2,(H2,23,24,27). The first-order chi connectivity index (χ1) is 14.2. The van der Waals surface area contributed by atoms with Crippen molar-refractivity contribution in [3.05, 3.63) is 48.6 Å². The minimum Gasteiger partial charge on any atom is -0.389 e. The van der Waals surface area contributed by atoms with Crippen molar-refractivity contribution in [2.75, 3.05) is 26.2 Å². The van der Waals surface area contributed by atoms with Crippen LogP contribution in [0.5, 0.6) is 0 Å². The molecule has 4 rings (SSSR count). The molecule has 0 radical (unpaired) electrons. The van der Waals surface area contributed by atoms with Gasteiger partial charge in [0.2, 0.25) is 0 Å². The third-order valence-electron chi connectivity index (χ3n) is 6.27. The molecule has 0 spiro atoms. The second-order valence-electron chi connectivity index (χ2n) is 8.20. The number of hydrogen-bond acceptors (Lipinski definition) is 5. The maximum atomic E-state index is 12.1. The third-order valence-corrected chi connectivity index (χ3v) is 6.27. The van der Waals surface area contributed by atoms with Crippen molar-refractivity contribution < 1.29 is 19.4 Å². The zero-order chi connectivity index (χ0) is 20.2. The van der Waals surface area contributed by atoms with Crippen LogP contribution >= 0.6 is 0 Å². The fraction of sp³-hybridized carbons (Fsp3) is 0.591. The monoisotopic (exact) mass is 401 g/mol. The predicted octanol–water partition coefficient (Wildman–Crippen LogP) is 1.28. The lowest BCUT2D eigenvalue weighted by Gasteiger charge is -2.46. The summed E-state index contributed by atoms with van der Waals surface area (Å²) in [5, 5.41) is 16.6. The smallest absolute Gasteiger partial charge is 0.315 e. The van der Waals surface area contributed by atoms with Gasteiger partial charge in [-0.1, -0.05) is 36.4 Å². The van der Waals surface area contributed by atoms with E-state index in [2.05, 4.69) is 46.4 Å². The average molecular weight is 402 g/mol. The maximum Gasteiger partial charge on any atom is 0.315 e. The van der Waals surface area contributed by atoms with Gasteiger partial charge in [-0.3, -0.25) is 4.90 Å². The summed E-state index contributed by atoms with van der Waals surface area (Å²) in [6.45, 7) is 6.13. The van der Waals surface area contributed by atoms with E-state index in [1.165, 1.54) is 5.56 Å². The van der Waals surface area contributed by atoms with Crippen LogP contribution in [0.2, 0.25) is 0 Å². The lowest BCUT2D eigenvalue weighted by molar-refractivity contribution is -0.184. The summed E-state index contributed by atoms with van der Waals surface area (Å²) in [5.74, 6) is 0.645. The summed E-state index contributed by atoms with van der Waals surface area (Å²) in [7, 11) is 0. The first-order valence-electron chi connectivity index (χ1n) is 10.5. The highest BCUT2D eigenvalue weighted by molar-refractivity contribution is 5.74. The molecule has 0 saturated carbocycles. The van der Waals surface area contributed by atoms with E-state index in [0.717, 1.165) is 32.4 Å². The van der Waals surface area contributed by atoms with Crippen LogP contribution < -0.4 is 10.6 Å². The normalized spacial score (nSPS) is 32.7. The Morgan fingerprint density at radius 3 is 2.76 bits per heavy atom. The number of hydrogen-bond donors (Lipinski definition) is 3. The molecule has 7 nitrogen and oxygen atoms in total. The number of likely N-dealkylation sites (tertiary alicyclic amines) is 1. The Kier molecular flexibility index (Phi) is 6.50. The minimum atomic E-state index is -0.735. The van der Waals surface area contributed by atoms with Crippen molar-refractivity contribution in [3.8, 4) is 0 Å². The molecule has 0 aromatic heterocycles. The van der Waals surface area contributed by atoms with Gasteiger partial charge in [-0.2, -0.15) is 0 Å². The summed E-state index contributed by atoms with van der Waals surface area (Å²) in [6, 6.07) is 9.51. The van der Waals surface area contributed by atoms with Crippen molar-refractivity contribution in [2.24, 2.45) is 5.92 Å². The molecular weight excluding hydrogens is 370 g/mol. The van der Waals surface area contributed by atoms with E-state index in [4.69, 9.17) is 9.47 Å². The van der Waals surface area contributed by atoms with Crippen LogP contribution in [0.15, 0.2) is 43.0 Å². The van der Waals surface area contributed by atoms with E-state index in [1.807, 2.05) is 6.07 Å². The first kappa shape index (κ1) is 20.3. The molecule has 7 heteroatoms. The molecule has 3 N–H and O–H groups in total. The Balaban J connectivity index is 1.35. The molecule has 3 heterocycles. The fourth-order valence-electron chi connectivity index (χ4n) is 4.74. The van der Waals surface area contributed by atoms with E-state index < -0.39 is 18.4 Å². The van der Waals surface area contributed by atoms with Gasteiger partial charge in [-0.15, -0.1) is 6.58 Å². The zero-order valence-electron chi connectivity index (χ0n) is 16.7. The molecule has 0 aliphatic carbocycles. The van der Waals surface area contributed by atoms with Crippen LogP contribution in [0.1, 0.15) is 18.4 Å². The highest BCUT2D eigenvalue weighted by Gasteiger charge is 2.52. The number of rotatable bonds is 6. The molecule has 5 unspecified atom stereocenters. The molecule has 3 aliphatic heterocycles. The van der Waals surface area contributed by atoms with Crippen LogP contribution in [0.25, 0.3) is 0 Å². The number of ether oxygens (including phenoxy) is 2. The summed E-state index contributed by atoms with van der Waals surface area (Å²) in [4.78, 5) is 14.4.